The number of esters is 1. The highest BCUT2D eigenvalue weighted by atomic mass is 16.5. The normalized spacial score (nSPS) is 21.8. The van der Waals surface area contributed by atoms with Crippen molar-refractivity contribution in [2.75, 3.05) is 20.8 Å². The first-order valence-electron chi connectivity index (χ1n) is 6.66. The number of methoxy groups -OCH3 is 2. The molecule has 2 unspecified atom stereocenters. The van der Waals surface area contributed by atoms with Crippen molar-refractivity contribution < 1.29 is 19.4 Å². The zero-order valence-electron chi connectivity index (χ0n) is 12.1. The molecular weight excluding hydrogens is 272 g/mol. The maximum atomic E-state index is 11.7. The van der Waals surface area contributed by atoms with Gasteiger partial charge in [-0.2, -0.15) is 5.26 Å². The van der Waals surface area contributed by atoms with Gasteiger partial charge in [0.15, 0.2) is 0 Å². The molecule has 2 atom stereocenters. The van der Waals surface area contributed by atoms with Gasteiger partial charge in [-0.1, -0.05) is 6.07 Å². The van der Waals surface area contributed by atoms with Crippen LogP contribution in [0.15, 0.2) is 18.2 Å². The van der Waals surface area contributed by atoms with Crippen molar-refractivity contribution in [3.8, 4) is 11.8 Å². The van der Waals surface area contributed by atoms with Gasteiger partial charge in [-0.3, -0.25) is 9.69 Å². The number of benzene rings is 1. The Morgan fingerprint density at radius 2 is 2.29 bits per heavy atom. The summed E-state index contributed by atoms with van der Waals surface area (Å²) in [5.74, 6) is 0.163. The van der Waals surface area contributed by atoms with E-state index in [4.69, 9.17) is 14.7 Å². The zero-order valence-corrected chi connectivity index (χ0v) is 12.1. The van der Waals surface area contributed by atoms with E-state index in [9.17, 15) is 9.90 Å². The first-order chi connectivity index (χ1) is 10.1. The average molecular weight is 290 g/mol. The fourth-order valence-electron chi connectivity index (χ4n) is 2.60. The number of aliphatic hydroxyl groups is 1. The standard InChI is InChI=1S/C15H18N2O4/c1-20-14-5-10(3-4-11(14)7-16)8-17-9-12(18)6-13(17)15(19)21-2/h3-5,12-13,18H,6,8-9H2,1-2H3. The van der Waals surface area contributed by atoms with Crippen LogP contribution >= 0.6 is 0 Å². The monoisotopic (exact) mass is 290 g/mol. The van der Waals surface area contributed by atoms with Crippen molar-refractivity contribution in [2.24, 2.45) is 0 Å². The quantitative estimate of drug-likeness (QED) is 0.821. The van der Waals surface area contributed by atoms with Gasteiger partial charge in [0.2, 0.25) is 0 Å². The Morgan fingerprint density at radius 3 is 2.90 bits per heavy atom. The molecule has 1 aromatic carbocycles. The molecule has 6 heteroatoms. The molecule has 1 heterocycles. The molecule has 1 aliphatic rings. The van der Waals surface area contributed by atoms with Crippen LogP contribution in [0.4, 0.5) is 0 Å². The summed E-state index contributed by atoms with van der Waals surface area (Å²) < 4.78 is 9.95. The molecule has 1 fully saturated rings. The third-order valence-corrected chi connectivity index (χ3v) is 3.63. The van der Waals surface area contributed by atoms with Gasteiger partial charge in [-0.25, -0.2) is 0 Å². The van der Waals surface area contributed by atoms with E-state index >= 15 is 0 Å². The Bertz CT molecular complexity index is 567. The van der Waals surface area contributed by atoms with E-state index in [2.05, 4.69) is 6.07 Å². The van der Waals surface area contributed by atoms with Gasteiger partial charge < -0.3 is 14.6 Å². The topological polar surface area (TPSA) is 82.8 Å². The maximum absolute atomic E-state index is 11.7. The molecule has 0 aromatic heterocycles. The van der Waals surface area contributed by atoms with Gasteiger partial charge in [0.1, 0.15) is 17.9 Å². The fourth-order valence-corrected chi connectivity index (χ4v) is 2.60. The molecule has 21 heavy (non-hydrogen) atoms. The Labute approximate surface area is 123 Å². The molecule has 0 spiro atoms. The number of hydrogen-bond acceptors (Lipinski definition) is 6. The number of carbonyl (C=O) groups excluding carboxylic acids is 1. The highest BCUT2D eigenvalue weighted by molar-refractivity contribution is 5.76. The lowest BCUT2D eigenvalue weighted by Gasteiger charge is -2.22. The second-order valence-electron chi connectivity index (χ2n) is 5.00. The van der Waals surface area contributed by atoms with Gasteiger partial charge in [0.25, 0.3) is 0 Å². The molecule has 1 aliphatic heterocycles. The molecule has 0 radical (unpaired) electrons. The van der Waals surface area contributed by atoms with Crippen molar-refractivity contribution in [1.29, 1.82) is 5.26 Å². The molecule has 1 N–H and O–H groups in total. The summed E-state index contributed by atoms with van der Waals surface area (Å²) in [6.07, 6.45) is -0.158. The number of β-amino-alcohol motifs (C(OH)–C–C–N with tert-alkyl or cyclic N) is 1. The average Bonchev–Trinajstić information content (AvgIpc) is 2.86. The first kappa shape index (κ1) is 15.3. The summed E-state index contributed by atoms with van der Waals surface area (Å²) >= 11 is 0. The molecule has 1 aromatic rings. The van der Waals surface area contributed by atoms with Crippen LogP contribution in [0.1, 0.15) is 17.5 Å². The summed E-state index contributed by atoms with van der Waals surface area (Å²) in [6, 6.07) is 6.90. The minimum absolute atomic E-state index is 0.341. The second-order valence-corrected chi connectivity index (χ2v) is 5.00. The third kappa shape index (κ3) is 3.32. The van der Waals surface area contributed by atoms with Gasteiger partial charge in [-0.05, 0) is 17.7 Å². The van der Waals surface area contributed by atoms with Crippen LogP contribution in [0, 0.1) is 11.3 Å². The van der Waals surface area contributed by atoms with Crippen molar-refractivity contribution in [2.45, 2.75) is 25.1 Å². The fraction of sp³-hybridized carbons (Fsp3) is 0.467. The number of hydrogen-bond donors (Lipinski definition) is 1. The number of rotatable bonds is 4. The van der Waals surface area contributed by atoms with Gasteiger partial charge >= 0.3 is 5.97 Å². The largest absolute Gasteiger partial charge is 0.495 e. The number of carbonyl (C=O) groups is 1. The molecule has 112 valence electrons. The van der Waals surface area contributed by atoms with E-state index < -0.39 is 12.1 Å². The van der Waals surface area contributed by atoms with Gasteiger partial charge in [0.05, 0.1) is 25.9 Å². The molecule has 0 amide bonds. The number of likely N-dealkylation sites (tertiary alicyclic amines) is 1. The number of ether oxygens (including phenoxy) is 2. The predicted octanol–water partition coefficient (Wildman–Crippen LogP) is 0.675. The van der Waals surface area contributed by atoms with Crippen LogP contribution in [0.2, 0.25) is 0 Å². The molecule has 6 nitrogen and oxygen atoms in total. The second kappa shape index (κ2) is 6.57. The molecular formula is C15H18N2O4. The highest BCUT2D eigenvalue weighted by Crippen LogP contribution is 2.24. The van der Waals surface area contributed by atoms with Crippen LogP contribution in [0.25, 0.3) is 0 Å². The molecule has 0 saturated carbocycles. The van der Waals surface area contributed by atoms with E-state index in [-0.39, 0.29) is 5.97 Å². The molecule has 0 bridgehead atoms. The first-order valence-corrected chi connectivity index (χ1v) is 6.66. The lowest BCUT2D eigenvalue weighted by molar-refractivity contribution is -0.146. The lowest BCUT2D eigenvalue weighted by atomic mass is 10.1. The summed E-state index contributed by atoms with van der Waals surface area (Å²) in [4.78, 5) is 13.6. The van der Waals surface area contributed by atoms with Crippen LogP contribution in [-0.4, -0.2) is 48.9 Å². The van der Waals surface area contributed by atoms with Crippen molar-refractivity contribution in [3.05, 3.63) is 29.3 Å². The molecule has 2 rings (SSSR count). The Hall–Kier alpha value is -2.10. The summed E-state index contributed by atoms with van der Waals surface area (Å²) in [5.41, 5.74) is 1.38. The Balaban J connectivity index is 2.17. The predicted molar refractivity (Wildman–Crippen MR) is 74.5 cm³/mol. The van der Waals surface area contributed by atoms with Crippen molar-refractivity contribution >= 4 is 5.97 Å². The minimum Gasteiger partial charge on any atom is -0.495 e. The van der Waals surface area contributed by atoms with E-state index in [0.29, 0.717) is 30.8 Å². The minimum atomic E-state index is -0.533. The van der Waals surface area contributed by atoms with E-state index in [1.54, 1.807) is 12.1 Å². The van der Waals surface area contributed by atoms with E-state index in [1.165, 1.54) is 14.2 Å². The van der Waals surface area contributed by atoms with E-state index in [1.807, 2.05) is 11.0 Å². The van der Waals surface area contributed by atoms with Crippen LogP contribution in [-0.2, 0) is 16.1 Å². The maximum Gasteiger partial charge on any atom is 0.323 e. The lowest BCUT2D eigenvalue weighted by Crippen LogP contribution is -2.36. The van der Waals surface area contributed by atoms with Gasteiger partial charge in [0, 0.05) is 19.5 Å². The van der Waals surface area contributed by atoms with Crippen LogP contribution in [0.5, 0.6) is 5.75 Å². The molecule has 1 saturated heterocycles. The highest BCUT2D eigenvalue weighted by Gasteiger charge is 2.36. The third-order valence-electron chi connectivity index (χ3n) is 3.63. The summed E-state index contributed by atoms with van der Waals surface area (Å²) in [6.45, 7) is 0.904. The smallest absolute Gasteiger partial charge is 0.323 e. The van der Waals surface area contributed by atoms with Crippen molar-refractivity contribution in [3.63, 3.8) is 0 Å². The van der Waals surface area contributed by atoms with E-state index in [0.717, 1.165) is 5.56 Å². The van der Waals surface area contributed by atoms with Crippen LogP contribution in [0.3, 0.4) is 0 Å². The zero-order chi connectivity index (χ0) is 15.4. The van der Waals surface area contributed by atoms with Crippen LogP contribution < -0.4 is 4.74 Å². The molecule has 0 aliphatic carbocycles. The number of nitriles is 1. The number of nitrogens with zero attached hydrogens (tertiary/aromatic N) is 2. The number of aliphatic hydroxyl groups excluding tert-OH is 1. The van der Waals surface area contributed by atoms with Gasteiger partial charge in [-0.15, -0.1) is 0 Å². The Kier molecular flexibility index (Phi) is 4.78. The SMILES string of the molecule is COC(=O)C1CC(O)CN1Cc1ccc(C#N)c(OC)c1. The van der Waals surface area contributed by atoms with Crippen molar-refractivity contribution in [1.82, 2.24) is 4.90 Å². The summed E-state index contributed by atoms with van der Waals surface area (Å²) in [5, 5.41) is 18.7. The summed E-state index contributed by atoms with van der Waals surface area (Å²) in [7, 11) is 2.85. The Morgan fingerprint density at radius 1 is 1.52 bits per heavy atom.